The van der Waals surface area contributed by atoms with Gasteiger partial charge in [0.05, 0.1) is 13.0 Å². The second-order valence-corrected chi connectivity index (χ2v) is 10.3. The van der Waals surface area contributed by atoms with E-state index in [1.165, 1.54) is 24.0 Å². The van der Waals surface area contributed by atoms with E-state index in [0.29, 0.717) is 8.58 Å². The number of rotatable bonds is 9. The van der Waals surface area contributed by atoms with Crippen LogP contribution in [0.15, 0.2) is 42.7 Å². The average molecular weight is 479 g/mol. The Labute approximate surface area is 204 Å². The van der Waals surface area contributed by atoms with Crippen molar-refractivity contribution in [3.63, 3.8) is 0 Å². The second kappa shape index (κ2) is 10.7. The number of nitrogens with zero attached hydrogens (tertiary/aromatic N) is 3. The number of aryl methyl sites for hydroxylation is 1. The summed E-state index contributed by atoms with van der Waals surface area (Å²) in [6.07, 6.45) is 6.47. The van der Waals surface area contributed by atoms with Crippen LogP contribution in [0.3, 0.4) is 0 Å². The van der Waals surface area contributed by atoms with Crippen molar-refractivity contribution in [3.05, 3.63) is 76.4 Å². The molecule has 0 aliphatic carbocycles. The fourth-order valence-electron chi connectivity index (χ4n) is 4.96. The summed E-state index contributed by atoms with van der Waals surface area (Å²) in [7, 11) is 0.608. The molecule has 1 aromatic heterocycles. The predicted octanol–water partition coefficient (Wildman–Crippen LogP) is 4.27. The molecule has 1 aliphatic rings. The molecule has 0 radical (unpaired) electrons. The molecule has 2 unspecified atom stereocenters. The first-order valence-electron chi connectivity index (χ1n) is 12.0. The fourth-order valence-corrected chi connectivity index (χ4v) is 5.67. The molecule has 7 heteroatoms. The van der Waals surface area contributed by atoms with Gasteiger partial charge in [-0.2, -0.15) is 0 Å². The molecule has 3 aromatic rings. The molecule has 0 spiro atoms. The van der Waals surface area contributed by atoms with Crippen molar-refractivity contribution >= 4 is 25.5 Å². The number of nitrogens with two attached hydrogens (primary N) is 1. The minimum atomic E-state index is -0.811. The van der Waals surface area contributed by atoms with Crippen molar-refractivity contribution in [1.29, 1.82) is 0 Å². The maximum atomic E-state index is 11.8. The number of anilines is 1. The van der Waals surface area contributed by atoms with Crippen LogP contribution in [-0.2, 0) is 17.9 Å². The van der Waals surface area contributed by atoms with Crippen molar-refractivity contribution in [1.82, 2.24) is 14.5 Å². The Morgan fingerprint density at radius 3 is 2.65 bits per heavy atom. The Morgan fingerprint density at radius 2 is 1.94 bits per heavy atom. The highest BCUT2D eigenvalue weighted by atomic mass is 31.1. The van der Waals surface area contributed by atoms with Gasteiger partial charge in [-0.25, -0.2) is 4.98 Å². The van der Waals surface area contributed by atoms with E-state index in [9.17, 15) is 9.90 Å². The minimum Gasteiger partial charge on any atom is -0.481 e. The van der Waals surface area contributed by atoms with Crippen LogP contribution in [0.25, 0.3) is 0 Å². The van der Waals surface area contributed by atoms with Crippen LogP contribution in [0.4, 0.5) is 5.69 Å². The monoisotopic (exact) mass is 478 g/mol. The van der Waals surface area contributed by atoms with Crippen molar-refractivity contribution in [3.8, 4) is 0 Å². The zero-order chi connectivity index (χ0) is 24.2. The van der Waals surface area contributed by atoms with E-state index >= 15 is 0 Å². The van der Waals surface area contributed by atoms with Gasteiger partial charge >= 0.3 is 5.97 Å². The van der Waals surface area contributed by atoms with Crippen LogP contribution in [-0.4, -0.2) is 45.3 Å². The molecule has 3 N–H and O–H groups in total. The lowest BCUT2D eigenvalue weighted by molar-refractivity contribution is -0.137. The van der Waals surface area contributed by atoms with Gasteiger partial charge in [-0.05, 0) is 79.6 Å². The third kappa shape index (κ3) is 5.34. The number of carbonyl (C=O) groups is 1. The summed E-state index contributed by atoms with van der Waals surface area (Å²) in [5.74, 6) is 0.0164. The summed E-state index contributed by atoms with van der Waals surface area (Å²) in [4.78, 5) is 18.9. The van der Waals surface area contributed by atoms with Gasteiger partial charge in [0.15, 0.2) is 0 Å². The van der Waals surface area contributed by atoms with Gasteiger partial charge in [0, 0.05) is 30.5 Å². The van der Waals surface area contributed by atoms with Gasteiger partial charge in [-0.1, -0.05) is 38.9 Å². The summed E-state index contributed by atoms with van der Waals surface area (Å²) < 4.78 is 2.22. The first kappa shape index (κ1) is 24.4. The van der Waals surface area contributed by atoms with E-state index in [1.54, 1.807) is 0 Å². The first-order valence-corrected chi connectivity index (χ1v) is 13.5. The average Bonchev–Trinajstić information content (AvgIpc) is 3.48. The molecule has 34 heavy (non-hydrogen) atoms. The number of imidazole rings is 1. The highest BCUT2D eigenvalue weighted by molar-refractivity contribution is 7.46. The van der Waals surface area contributed by atoms with Crippen LogP contribution in [0.5, 0.6) is 0 Å². The van der Waals surface area contributed by atoms with E-state index in [1.807, 2.05) is 19.3 Å². The maximum absolute atomic E-state index is 11.8. The molecule has 1 fully saturated rings. The number of aromatic nitrogens is 2. The lowest BCUT2D eigenvalue weighted by Crippen LogP contribution is -2.21. The Balaban J connectivity index is 1.66. The van der Waals surface area contributed by atoms with E-state index in [2.05, 4.69) is 58.4 Å². The second-order valence-electron chi connectivity index (χ2n) is 9.28. The molecule has 1 aliphatic heterocycles. The lowest BCUT2D eigenvalue weighted by Gasteiger charge is -2.22. The van der Waals surface area contributed by atoms with Crippen LogP contribution >= 0.6 is 8.58 Å². The SMILES string of the molecule is CPc1ccc(C(CC(=O)O)c2ccc(C)c(Cn3ccnc3CN3CCCC3)c2)c(C)c1N. The number of carboxylic acid groups (broad SMARTS) is 1. The molecule has 2 aromatic carbocycles. The molecule has 1 saturated heterocycles. The van der Waals surface area contributed by atoms with E-state index in [4.69, 9.17) is 5.73 Å². The van der Waals surface area contributed by atoms with Crippen molar-refractivity contribution in [2.24, 2.45) is 0 Å². The molecular formula is C27H35N4O2P. The van der Waals surface area contributed by atoms with Crippen molar-refractivity contribution in [2.45, 2.75) is 52.1 Å². The largest absolute Gasteiger partial charge is 0.481 e. The lowest BCUT2D eigenvalue weighted by atomic mass is 9.84. The predicted molar refractivity (Wildman–Crippen MR) is 141 cm³/mol. The van der Waals surface area contributed by atoms with Gasteiger partial charge in [0.1, 0.15) is 5.82 Å². The normalized spacial score (nSPS) is 15.4. The highest BCUT2D eigenvalue weighted by Crippen LogP contribution is 2.34. The Morgan fingerprint density at radius 1 is 1.18 bits per heavy atom. The first-order chi connectivity index (χ1) is 16.4. The van der Waals surface area contributed by atoms with Crippen LogP contribution in [0.2, 0.25) is 0 Å². The summed E-state index contributed by atoms with van der Waals surface area (Å²) in [5, 5.41) is 10.9. The van der Waals surface area contributed by atoms with Gasteiger partial charge in [-0.15, -0.1) is 0 Å². The summed E-state index contributed by atoms with van der Waals surface area (Å²) in [5.41, 5.74) is 12.6. The number of hydrogen-bond donors (Lipinski definition) is 2. The van der Waals surface area contributed by atoms with Crippen LogP contribution < -0.4 is 11.0 Å². The molecule has 0 saturated carbocycles. The smallest absolute Gasteiger partial charge is 0.304 e. The number of likely N-dealkylation sites (tertiary alicyclic amines) is 1. The van der Waals surface area contributed by atoms with Crippen LogP contribution in [0.1, 0.15) is 58.8 Å². The van der Waals surface area contributed by atoms with Crippen molar-refractivity contribution < 1.29 is 9.90 Å². The molecule has 0 bridgehead atoms. The standard InChI is InChI=1S/C27H35N4O2P/c1-18-6-7-20(23(15-26(32)33)22-8-9-24(34-3)27(28)19(22)2)14-21(18)16-31-13-10-29-25(31)17-30-11-4-5-12-30/h6-10,13-14,23,34H,4-5,11-12,15-17,28H2,1-3H3,(H,32,33). The van der Waals surface area contributed by atoms with E-state index < -0.39 is 5.97 Å². The Bertz CT molecular complexity index is 1170. The Kier molecular flexibility index (Phi) is 7.70. The third-order valence-corrected chi connectivity index (χ3v) is 8.04. The fraction of sp³-hybridized carbons (Fsp3) is 0.407. The zero-order valence-electron chi connectivity index (χ0n) is 20.3. The minimum absolute atomic E-state index is 0.0296. The van der Waals surface area contributed by atoms with Gasteiger partial charge in [0.2, 0.25) is 0 Å². The third-order valence-electron chi connectivity index (χ3n) is 7.06. The molecule has 6 nitrogen and oxygen atoms in total. The van der Waals surface area contributed by atoms with E-state index in [0.717, 1.165) is 59.7 Å². The number of benzene rings is 2. The summed E-state index contributed by atoms with van der Waals surface area (Å²) in [6, 6.07) is 10.5. The topological polar surface area (TPSA) is 84.4 Å². The van der Waals surface area contributed by atoms with Crippen LogP contribution in [0, 0.1) is 13.8 Å². The zero-order valence-corrected chi connectivity index (χ0v) is 21.3. The quantitative estimate of drug-likeness (QED) is 0.355. The number of hydrogen-bond acceptors (Lipinski definition) is 4. The summed E-state index contributed by atoms with van der Waals surface area (Å²) >= 11 is 0. The van der Waals surface area contributed by atoms with Gasteiger partial charge in [-0.3, -0.25) is 9.69 Å². The molecule has 4 rings (SSSR count). The summed E-state index contributed by atoms with van der Waals surface area (Å²) in [6.45, 7) is 10.1. The number of carboxylic acids is 1. The molecule has 180 valence electrons. The van der Waals surface area contributed by atoms with Gasteiger partial charge < -0.3 is 15.4 Å². The molecule has 2 atom stereocenters. The van der Waals surface area contributed by atoms with Gasteiger partial charge in [0.25, 0.3) is 0 Å². The molecule has 2 heterocycles. The van der Waals surface area contributed by atoms with Crippen molar-refractivity contribution in [2.75, 3.05) is 25.5 Å². The van der Waals surface area contributed by atoms with E-state index in [-0.39, 0.29) is 12.3 Å². The highest BCUT2D eigenvalue weighted by Gasteiger charge is 2.22. The number of aliphatic carboxylic acids is 1. The number of nitrogen functional groups attached to an aromatic ring is 1. The maximum Gasteiger partial charge on any atom is 0.304 e. The molecule has 0 amide bonds. The Hall–Kier alpha value is -2.69. The molecular weight excluding hydrogens is 443 g/mol.